The molecule has 0 amide bonds. The molecular weight excluding hydrogens is 252 g/mol. The molecule has 6 heteroatoms. The van der Waals surface area contributed by atoms with Crippen molar-refractivity contribution in [1.82, 2.24) is 9.88 Å². The Kier molecular flexibility index (Phi) is 3.61. The summed E-state index contributed by atoms with van der Waals surface area (Å²) in [6, 6.07) is 2.85. The number of pyridine rings is 1. The van der Waals surface area contributed by atoms with E-state index in [1.807, 2.05) is 4.90 Å². The summed E-state index contributed by atoms with van der Waals surface area (Å²) < 4.78 is 32.4. The van der Waals surface area contributed by atoms with Gasteiger partial charge in [-0.25, -0.2) is 13.8 Å². The number of ether oxygens (including phenoxy) is 1. The quantitative estimate of drug-likeness (QED) is 0.803. The molecule has 3 heterocycles. The van der Waals surface area contributed by atoms with Crippen molar-refractivity contribution >= 4 is 5.82 Å². The third kappa shape index (κ3) is 2.55. The van der Waals surface area contributed by atoms with Crippen LogP contribution in [0.5, 0.6) is 0 Å². The smallest absolute Gasteiger partial charge is 0.165 e. The molecule has 0 aliphatic carbocycles. The number of rotatable bonds is 2. The van der Waals surface area contributed by atoms with Gasteiger partial charge in [0.2, 0.25) is 0 Å². The van der Waals surface area contributed by atoms with E-state index in [0.29, 0.717) is 38.6 Å². The normalized spacial score (nSPS) is 28.8. The number of piperazine rings is 1. The van der Waals surface area contributed by atoms with Gasteiger partial charge < -0.3 is 9.64 Å². The van der Waals surface area contributed by atoms with Crippen LogP contribution in [-0.4, -0.2) is 61.5 Å². The topological polar surface area (TPSA) is 28.6 Å². The van der Waals surface area contributed by atoms with Crippen LogP contribution in [0.1, 0.15) is 0 Å². The molecule has 2 aliphatic rings. The maximum absolute atomic E-state index is 13.6. The lowest BCUT2D eigenvalue weighted by Gasteiger charge is -2.38. The van der Waals surface area contributed by atoms with Crippen LogP contribution in [-0.2, 0) is 4.74 Å². The number of alkyl halides is 1. The monoisotopic (exact) mass is 269 g/mol. The summed E-state index contributed by atoms with van der Waals surface area (Å²) in [6.45, 7) is 3.40. The van der Waals surface area contributed by atoms with Gasteiger partial charge in [0.1, 0.15) is 6.17 Å². The molecule has 0 radical (unpaired) electrons. The minimum Gasteiger partial charge on any atom is -0.377 e. The van der Waals surface area contributed by atoms with Crippen LogP contribution in [0, 0.1) is 5.82 Å². The summed E-state index contributed by atoms with van der Waals surface area (Å²) in [5.74, 6) is 0.0881. The minimum absolute atomic E-state index is 0.143. The highest BCUT2D eigenvalue weighted by Crippen LogP contribution is 2.21. The molecule has 2 fully saturated rings. The first-order valence-electron chi connectivity index (χ1n) is 6.57. The van der Waals surface area contributed by atoms with Crippen molar-refractivity contribution in [3.05, 3.63) is 24.1 Å². The Bertz CT molecular complexity index is 438. The molecule has 0 N–H and O–H groups in total. The SMILES string of the molecule is Fc1cccnc1N1CCN(C2COCC2F)CC1. The lowest BCUT2D eigenvalue weighted by Crippen LogP contribution is -2.53. The van der Waals surface area contributed by atoms with E-state index in [0.717, 1.165) is 0 Å². The van der Waals surface area contributed by atoms with Crippen molar-refractivity contribution in [3.63, 3.8) is 0 Å². The zero-order chi connectivity index (χ0) is 13.2. The Balaban J connectivity index is 1.62. The molecule has 3 rings (SSSR count). The molecule has 19 heavy (non-hydrogen) atoms. The molecule has 0 aromatic carbocycles. The highest BCUT2D eigenvalue weighted by molar-refractivity contribution is 5.40. The summed E-state index contributed by atoms with van der Waals surface area (Å²) in [6.07, 6.45) is 0.686. The third-order valence-corrected chi connectivity index (χ3v) is 3.81. The highest BCUT2D eigenvalue weighted by Gasteiger charge is 2.35. The largest absolute Gasteiger partial charge is 0.377 e. The third-order valence-electron chi connectivity index (χ3n) is 3.81. The molecule has 2 unspecified atom stereocenters. The highest BCUT2D eigenvalue weighted by atomic mass is 19.1. The Morgan fingerprint density at radius 1 is 1.21 bits per heavy atom. The van der Waals surface area contributed by atoms with Crippen molar-refractivity contribution in [1.29, 1.82) is 0 Å². The Morgan fingerprint density at radius 3 is 2.63 bits per heavy atom. The Morgan fingerprint density at radius 2 is 2.00 bits per heavy atom. The van der Waals surface area contributed by atoms with Gasteiger partial charge in [-0.3, -0.25) is 4.90 Å². The summed E-state index contributed by atoms with van der Waals surface area (Å²) in [5, 5.41) is 0. The predicted octanol–water partition coefficient (Wildman–Crippen LogP) is 1.08. The fourth-order valence-electron chi connectivity index (χ4n) is 2.73. The molecule has 104 valence electrons. The fourth-order valence-corrected chi connectivity index (χ4v) is 2.73. The predicted molar refractivity (Wildman–Crippen MR) is 67.5 cm³/mol. The van der Waals surface area contributed by atoms with Gasteiger partial charge in [-0.15, -0.1) is 0 Å². The molecule has 1 aromatic heterocycles. The number of aromatic nitrogens is 1. The van der Waals surface area contributed by atoms with Gasteiger partial charge in [-0.1, -0.05) is 0 Å². The van der Waals surface area contributed by atoms with Crippen LogP contribution >= 0.6 is 0 Å². The molecule has 2 aliphatic heterocycles. The second-order valence-electron chi connectivity index (χ2n) is 4.95. The van der Waals surface area contributed by atoms with E-state index in [4.69, 9.17) is 4.74 Å². The van der Waals surface area contributed by atoms with Gasteiger partial charge in [0, 0.05) is 32.4 Å². The number of anilines is 1. The Labute approximate surface area is 111 Å². The van der Waals surface area contributed by atoms with Gasteiger partial charge in [0.05, 0.1) is 19.3 Å². The van der Waals surface area contributed by atoms with E-state index < -0.39 is 6.17 Å². The summed E-state index contributed by atoms with van der Waals surface area (Å²) in [4.78, 5) is 8.08. The fraction of sp³-hybridized carbons (Fsp3) is 0.615. The molecule has 4 nitrogen and oxygen atoms in total. The van der Waals surface area contributed by atoms with Gasteiger partial charge >= 0.3 is 0 Å². The maximum atomic E-state index is 13.6. The first-order valence-corrected chi connectivity index (χ1v) is 6.57. The van der Waals surface area contributed by atoms with Crippen LogP contribution in [0.15, 0.2) is 18.3 Å². The van der Waals surface area contributed by atoms with E-state index in [2.05, 4.69) is 9.88 Å². The minimum atomic E-state index is -0.905. The number of nitrogens with zero attached hydrogens (tertiary/aromatic N) is 3. The molecule has 0 bridgehead atoms. The average molecular weight is 269 g/mol. The summed E-state index contributed by atoms with van der Waals surface area (Å²) in [5.41, 5.74) is 0. The molecule has 2 atom stereocenters. The van der Waals surface area contributed by atoms with Crippen molar-refractivity contribution in [2.75, 3.05) is 44.3 Å². The van der Waals surface area contributed by atoms with Gasteiger partial charge in [-0.05, 0) is 12.1 Å². The van der Waals surface area contributed by atoms with E-state index >= 15 is 0 Å². The van der Waals surface area contributed by atoms with Gasteiger partial charge in [0.15, 0.2) is 11.6 Å². The number of hydrogen-bond donors (Lipinski definition) is 0. The zero-order valence-corrected chi connectivity index (χ0v) is 10.6. The molecule has 1 aromatic rings. The molecule has 2 saturated heterocycles. The van der Waals surface area contributed by atoms with E-state index in [1.165, 1.54) is 6.07 Å². The van der Waals surface area contributed by atoms with E-state index in [1.54, 1.807) is 12.3 Å². The summed E-state index contributed by atoms with van der Waals surface area (Å²) in [7, 11) is 0. The number of halogens is 2. The van der Waals surface area contributed by atoms with E-state index in [-0.39, 0.29) is 18.5 Å². The second-order valence-corrected chi connectivity index (χ2v) is 4.95. The number of hydrogen-bond acceptors (Lipinski definition) is 4. The van der Waals surface area contributed by atoms with Crippen molar-refractivity contribution in [3.8, 4) is 0 Å². The lowest BCUT2D eigenvalue weighted by molar-refractivity contribution is 0.127. The zero-order valence-electron chi connectivity index (χ0n) is 10.6. The van der Waals surface area contributed by atoms with Crippen LogP contribution in [0.2, 0.25) is 0 Å². The second kappa shape index (κ2) is 5.38. The van der Waals surface area contributed by atoms with Crippen molar-refractivity contribution in [2.24, 2.45) is 0 Å². The van der Waals surface area contributed by atoms with Crippen molar-refractivity contribution in [2.45, 2.75) is 12.2 Å². The molecular formula is C13H17F2N3O. The standard InChI is InChI=1S/C13H17F2N3O/c14-10-2-1-3-16-13(10)18-6-4-17(5-7-18)12-9-19-8-11(12)15/h1-3,11-12H,4-9H2. The first-order chi connectivity index (χ1) is 9.25. The van der Waals surface area contributed by atoms with Crippen LogP contribution < -0.4 is 4.90 Å². The maximum Gasteiger partial charge on any atom is 0.165 e. The van der Waals surface area contributed by atoms with Crippen molar-refractivity contribution < 1.29 is 13.5 Å². The van der Waals surface area contributed by atoms with Crippen LogP contribution in [0.3, 0.4) is 0 Å². The first kappa shape index (κ1) is 12.7. The Hall–Kier alpha value is -1.27. The van der Waals surface area contributed by atoms with Gasteiger partial charge in [0.25, 0.3) is 0 Å². The van der Waals surface area contributed by atoms with Gasteiger partial charge in [-0.2, -0.15) is 0 Å². The molecule has 0 saturated carbocycles. The lowest BCUT2D eigenvalue weighted by atomic mass is 10.1. The average Bonchev–Trinajstić information content (AvgIpc) is 2.86. The van der Waals surface area contributed by atoms with E-state index in [9.17, 15) is 8.78 Å². The molecule has 0 spiro atoms. The van der Waals surface area contributed by atoms with Crippen LogP contribution in [0.25, 0.3) is 0 Å². The summed E-state index contributed by atoms with van der Waals surface area (Å²) >= 11 is 0. The van der Waals surface area contributed by atoms with Crippen LogP contribution in [0.4, 0.5) is 14.6 Å².